The summed E-state index contributed by atoms with van der Waals surface area (Å²) in [5.74, 6) is 0. The van der Waals surface area contributed by atoms with Crippen molar-refractivity contribution in [2.45, 2.75) is 17.9 Å². The van der Waals surface area contributed by atoms with Crippen molar-refractivity contribution in [3.63, 3.8) is 0 Å². The molecule has 3 N–H and O–H groups in total. The topological polar surface area (TPSA) is 92.9 Å². The molecule has 0 aliphatic carbocycles. The summed E-state index contributed by atoms with van der Waals surface area (Å²) in [6.07, 6.45) is -0.898. The molecular weight excluding hydrogens is 304 g/mol. The van der Waals surface area contributed by atoms with Crippen LogP contribution in [0.4, 0.5) is 5.69 Å². The number of sulfonamides is 1. The number of ether oxygens (including phenoxy) is 1. The van der Waals surface area contributed by atoms with Crippen molar-refractivity contribution >= 4 is 27.3 Å². The Morgan fingerprint density at radius 2 is 2.10 bits per heavy atom. The molecule has 0 aliphatic rings. The minimum absolute atomic E-state index is 0.0454. The summed E-state index contributed by atoms with van der Waals surface area (Å²) in [6, 6.07) is 2.76. The smallest absolute Gasteiger partial charge is 0.242 e. The third-order valence-electron chi connectivity index (χ3n) is 2.79. The fraction of sp³-hybridized carbons (Fsp3) is 0.500. The quantitative estimate of drug-likeness (QED) is 0.758. The first kappa shape index (κ1) is 17.2. The maximum Gasteiger partial charge on any atom is 0.242 e. The minimum atomic E-state index is -3.73. The maximum atomic E-state index is 12.4. The molecule has 0 spiro atoms. The second kappa shape index (κ2) is 6.73. The second-order valence-corrected chi connectivity index (χ2v) is 6.96. The number of hydrogen-bond donors (Lipinski definition) is 2. The second-order valence-electron chi connectivity index (χ2n) is 4.54. The first-order chi connectivity index (χ1) is 9.20. The van der Waals surface area contributed by atoms with Gasteiger partial charge in [-0.15, -0.1) is 0 Å². The van der Waals surface area contributed by atoms with Crippen molar-refractivity contribution in [3.8, 4) is 0 Å². The largest absolute Gasteiger partial charge is 0.397 e. The summed E-state index contributed by atoms with van der Waals surface area (Å²) in [4.78, 5) is 0.0454. The number of rotatable bonds is 6. The van der Waals surface area contributed by atoms with Gasteiger partial charge in [0.1, 0.15) is 0 Å². The van der Waals surface area contributed by atoms with Crippen molar-refractivity contribution in [2.24, 2.45) is 0 Å². The molecule has 1 rings (SSSR count). The Morgan fingerprint density at radius 3 is 2.60 bits per heavy atom. The third kappa shape index (κ3) is 3.83. The van der Waals surface area contributed by atoms with Crippen LogP contribution in [-0.4, -0.2) is 51.2 Å². The molecule has 8 heteroatoms. The Morgan fingerprint density at radius 1 is 1.50 bits per heavy atom. The summed E-state index contributed by atoms with van der Waals surface area (Å²) in [7, 11) is -0.920. The number of nitrogens with zero attached hydrogens (tertiary/aromatic N) is 1. The Labute approximate surface area is 124 Å². The van der Waals surface area contributed by atoms with Gasteiger partial charge in [-0.25, -0.2) is 8.42 Å². The SMILES string of the molecule is COCC(O)CN(C)S(=O)(=O)c1cc(C)c(Cl)c(N)c1. The van der Waals surface area contributed by atoms with Gasteiger partial charge in [0.2, 0.25) is 10.0 Å². The normalized spacial score (nSPS) is 13.7. The van der Waals surface area contributed by atoms with E-state index in [-0.39, 0.29) is 23.7 Å². The van der Waals surface area contributed by atoms with E-state index in [0.29, 0.717) is 10.6 Å². The van der Waals surface area contributed by atoms with Gasteiger partial charge in [-0.05, 0) is 24.6 Å². The molecule has 0 fully saturated rings. The summed E-state index contributed by atoms with van der Waals surface area (Å²) in [6.45, 7) is 1.66. The van der Waals surface area contributed by atoms with Crippen molar-refractivity contribution in [3.05, 3.63) is 22.7 Å². The van der Waals surface area contributed by atoms with E-state index >= 15 is 0 Å². The number of aliphatic hydroxyl groups is 1. The van der Waals surface area contributed by atoms with E-state index in [1.165, 1.54) is 26.3 Å². The zero-order valence-electron chi connectivity index (χ0n) is 11.6. The van der Waals surface area contributed by atoms with E-state index in [0.717, 1.165) is 4.31 Å². The van der Waals surface area contributed by atoms with E-state index in [9.17, 15) is 13.5 Å². The van der Waals surface area contributed by atoms with E-state index in [4.69, 9.17) is 22.1 Å². The van der Waals surface area contributed by atoms with Gasteiger partial charge in [-0.1, -0.05) is 11.6 Å². The molecule has 0 aromatic heterocycles. The summed E-state index contributed by atoms with van der Waals surface area (Å²) in [5, 5.41) is 9.95. The number of aryl methyl sites for hydroxylation is 1. The molecule has 6 nitrogen and oxygen atoms in total. The highest BCUT2D eigenvalue weighted by molar-refractivity contribution is 7.89. The molecule has 0 saturated heterocycles. The van der Waals surface area contributed by atoms with E-state index in [1.807, 2.05) is 0 Å². The Hall–Kier alpha value is -0.860. The van der Waals surface area contributed by atoms with Crippen LogP contribution in [-0.2, 0) is 14.8 Å². The molecule has 114 valence electrons. The average Bonchev–Trinajstić information content (AvgIpc) is 2.35. The van der Waals surface area contributed by atoms with Crippen molar-refractivity contribution in [1.29, 1.82) is 0 Å². The monoisotopic (exact) mass is 322 g/mol. The molecule has 1 unspecified atom stereocenters. The predicted octanol–water partition coefficient (Wildman–Crippen LogP) is 0.858. The molecule has 0 heterocycles. The van der Waals surface area contributed by atoms with E-state index < -0.39 is 16.1 Å². The first-order valence-electron chi connectivity index (χ1n) is 5.89. The number of nitrogen functional groups attached to an aromatic ring is 1. The van der Waals surface area contributed by atoms with E-state index in [2.05, 4.69) is 0 Å². The summed E-state index contributed by atoms with van der Waals surface area (Å²) < 4.78 is 30.5. The first-order valence-corrected chi connectivity index (χ1v) is 7.71. The van der Waals surface area contributed by atoms with Gasteiger partial charge >= 0.3 is 0 Å². The van der Waals surface area contributed by atoms with Crippen molar-refractivity contribution in [1.82, 2.24) is 4.31 Å². The number of methoxy groups -OCH3 is 1. The molecule has 1 aromatic rings. The van der Waals surface area contributed by atoms with Gasteiger partial charge in [0.25, 0.3) is 0 Å². The molecule has 0 amide bonds. The van der Waals surface area contributed by atoms with Crippen LogP contribution in [0.15, 0.2) is 17.0 Å². The van der Waals surface area contributed by atoms with E-state index in [1.54, 1.807) is 6.92 Å². The van der Waals surface area contributed by atoms with Gasteiger partial charge in [0, 0.05) is 20.7 Å². The number of benzene rings is 1. The molecular formula is C12H19ClN2O4S. The highest BCUT2D eigenvalue weighted by Crippen LogP contribution is 2.28. The lowest BCUT2D eigenvalue weighted by atomic mass is 10.2. The Bertz CT molecular complexity index is 554. The van der Waals surface area contributed by atoms with Gasteiger partial charge in [-0.2, -0.15) is 4.31 Å². The van der Waals surface area contributed by atoms with Crippen molar-refractivity contribution < 1.29 is 18.3 Å². The highest BCUT2D eigenvalue weighted by Gasteiger charge is 2.24. The average molecular weight is 323 g/mol. The zero-order chi connectivity index (χ0) is 15.5. The molecule has 0 radical (unpaired) electrons. The van der Waals surface area contributed by atoms with Crippen LogP contribution in [0.3, 0.4) is 0 Å². The predicted molar refractivity (Wildman–Crippen MR) is 78.3 cm³/mol. The number of aliphatic hydroxyl groups excluding tert-OH is 1. The number of hydrogen-bond acceptors (Lipinski definition) is 5. The Balaban J connectivity index is 3.04. The maximum absolute atomic E-state index is 12.4. The Kier molecular flexibility index (Phi) is 5.79. The third-order valence-corrected chi connectivity index (χ3v) is 5.11. The van der Waals surface area contributed by atoms with Crippen LogP contribution in [0.2, 0.25) is 5.02 Å². The molecule has 1 atom stereocenters. The zero-order valence-corrected chi connectivity index (χ0v) is 13.2. The van der Waals surface area contributed by atoms with Gasteiger partial charge in [0.05, 0.1) is 28.3 Å². The lowest BCUT2D eigenvalue weighted by Gasteiger charge is -2.21. The fourth-order valence-corrected chi connectivity index (χ4v) is 3.17. The number of halogens is 1. The van der Waals surface area contributed by atoms with Gasteiger partial charge < -0.3 is 15.6 Å². The number of nitrogens with two attached hydrogens (primary N) is 1. The minimum Gasteiger partial charge on any atom is -0.397 e. The van der Waals surface area contributed by atoms with Crippen LogP contribution >= 0.6 is 11.6 Å². The molecule has 20 heavy (non-hydrogen) atoms. The van der Waals surface area contributed by atoms with Crippen LogP contribution < -0.4 is 5.73 Å². The lowest BCUT2D eigenvalue weighted by molar-refractivity contribution is 0.0554. The van der Waals surface area contributed by atoms with Crippen molar-refractivity contribution in [2.75, 3.05) is 33.0 Å². The molecule has 1 aromatic carbocycles. The lowest BCUT2D eigenvalue weighted by Crippen LogP contribution is -2.36. The highest BCUT2D eigenvalue weighted by atomic mass is 35.5. The summed E-state index contributed by atoms with van der Waals surface area (Å²) in [5.41, 5.74) is 6.47. The molecule has 0 saturated carbocycles. The standard InChI is InChI=1S/C12H19ClN2O4S/c1-8-4-10(5-11(14)12(8)13)20(17,18)15(2)6-9(16)7-19-3/h4-5,9,16H,6-7,14H2,1-3H3. The molecule has 0 bridgehead atoms. The van der Waals surface area contributed by atoms with Gasteiger partial charge in [0.15, 0.2) is 0 Å². The molecule has 0 aliphatic heterocycles. The summed E-state index contributed by atoms with van der Waals surface area (Å²) >= 11 is 5.91. The van der Waals surface area contributed by atoms with Gasteiger partial charge in [-0.3, -0.25) is 0 Å². The van der Waals surface area contributed by atoms with Crippen LogP contribution in [0, 0.1) is 6.92 Å². The van der Waals surface area contributed by atoms with Crippen LogP contribution in [0.25, 0.3) is 0 Å². The van der Waals surface area contributed by atoms with Crippen LogP contribution in [0.1, 0.15) is 5.56 Å². The number of anilines is 1. The fourth-order valence-electron chi connectivity index (χ4n) is 1.73. The number of likely N-dealkylation sites (N-methyl/N-ethyl adjacent to an activating group) is 1. The van der Waals surface area contributed by atoms with Crippen LogP contribution in [0.5, 0.6) is 0 Å².